The molecule has 0 saturated heterocycles. The van der Waals surface area contributed by atoms with Gasteiger partial charge < -0.3 is 32.1 Å². The average molecular weight is 861 g/mol. The Balaban J connectivity index is 0.000000162. The molecule has 0 aromatic carbocycles. The number of pyridine rings is 8. The van der Waals surface area contributed by atoms with Crippen LogP contribution in [0.3, 0.4) is 0 Å². The molecule has 2 saturated carbocycles. The number of halogens is 2. The zero-order valence-electron chi connectivity index (χ0n) is 34.2. The summed E-state index contributed by atoms with van der Waals surface area (Å²) in [5, 5.41) is 8.04. The maximum absolute atomic E-state index is 13.1. The van der Waals surface area contributed by atoms with E-state index in [1.807, 2.05) is 38.1 Å². The third-order valence-corrected chi connectivity index (χ3v) is 11.1. The van der Waals surface area contributed by atoms with Crippen molar-refractivity contribution in [3.63, 3.8) is 0 Å². The molecule has 8 N–H and O–H groups in total. The first kappa shape index (κ1) is 41.1. The number of alkyl halides is 2. The summed E-state index contributed by atoms with van der Waals surface area (Å²) >= 11 is 0. The number of aromatic amines is 2. The van der Waals surface area contributed by atoms with Gasteiger partial charge in [0, 0.05) is 59.1 Å². The van der Waals surface area contributed by atoms with Crippen molar-refractivity contribution in [2.24, 2.45) is 11.8 Å². The summed E-state index contributed by atoms with van der Waals surface area (Å²) in [5.74, 6) is -0.729. The molecule has 0 spiro atoms. The van der Waals surface area contributed by atoms with E-state index in [0.717, 1.165) is 33.0 Å². The molecule has 16 nitrogen and oxygen atoms in total. The second kappa shape index (κ2) is 16.5. The van der Waals surface area contributed by atoms with Crippen molar-refractivity contribution in [2.45, 2.75) is 39.0 Å². The quantitative estimate of drug-likeness (QED) is 0.0962. The van der Waals surface area contributed by atoms with Crippen LogP contribution in [0.5, 0.6) is 0 Å². The maximum atomic E-state index is 13.1. The molecule has 320 valence electrons. The van der Waals surface area contributed by atoms with Crippen LogP contribution in [0.25, 0.3) is 66.6 Å². The molecule has 8 heterocycles. The highest BCUT2D eigenvalue weighted by molar-refractivity contribution is 6.00. The van der Waals surface area contributed by atoms with E-state index in [4.69, 9.17) is 11.5 Å². The van der Waals surface area contributed by atoms with Crippen molar-refractivity contribution >= 4 is 56.6 Å². The molecule has 4 atom stereocenters. The molecule has 2 aliphatic carbocycles. The lowest BCUT2D eigenvalue weighted by Gasteiger charge is -2.11. The van der Waals surface area contributed by atoms with Gasteiger partial charge in [-0.3, -0.25) is 29.1 Å². The summed E-state index contributed by atoms with van der Waals surface area (Å²) in [7, 11) is 0. The summed E-state index contributed by atoms with van der Waals surface area (Å²) in [5.41, 5.74) is 18.4. The van der Waals surface area contributed by atoms with E-state index in [1.54, 1.807) is 61.2 Å². The highest BCUT2D eigenvalue weighted by Gasteiger charge is 2.44. The second-order valence-electron chi connectivity index (χ2n) is 15.7. The maximum Gasteiger partial charge on any atom is 0.257 e. The van der Waals surface area contributed by atoms with Gasteiger partial charge in [0.25, 0.3) is 11.1 Å². The number of hydrogen-bond acceptors (Lipinski definition) is 12. The van der Waals surface area contributed by atoms with Crippen LogP contribution in [-0.4, -0.2) is 64.0 Å². The zero-order chi connectivity index (χ0) is 44.8. The van der Waals surface area contributed by atoms with Crippen LogP contribution in [0.1, 0.15) is 24.0 Å². The van der Waals surface area contributed by atoms with Crippen LogP contribution in [0.2, 0.25) is 0 Å². The summed E-state index contributed by atoms with van der Waals surface area (Å²) in [6, 6.07) is 17.6. The Bertz CT molecular complexity index is 3090. The number of aryl methyl sites for hydroxylation is 2. The summed E-state index contributed by atoms with van der Waals surface area (Å²) in [6.45, 7) is 3.81. The summed E-state index contributed by atoms with van der Waals surface area (Å²) in [4.78, 5) is 79.7. The number of nitrogen functional groups attached to an aromatic ring is 2. The molecule has 2 aliphatic rings. The first-order valence-electron chi connectivity index (χ1n) is 20.1. The highest BCUT2D eigenvalue weighted by atomic mass is 19.1. The van der Waals surface area contributed by atoms with Crippen molar-refractivity contribution in [3.05, 3.63) is 130 Å². The molecule has 8 aromatic heterocycles. The van der Waals surface area contributed by atoms with Gasteiger partial charge in [-0.2, -0.15) is 0 Å². The Morgan fingerprint density at radius 2 is 1.00 bits per heavy atom. The number of nitrogens with zero attached hydrogens (tertiary/aromatic N) is 6. The lowest BCUT2D eigenvalue weighted by atomic mass is 10.0. The minimum Gasteiger partial charge on any atom is -0.383 e. The Morgan fingerprint density at radius 1 is 0.594 bits per heavy atom. The smallest absolute Gasteiger partial charge is 0.257 e. The molecule has 10 rings (SSSR count). The van der Waals surface area contributed by atoms with Crippen LogP contribution in [0, 0.1) is 25.7 Å². The first-order chi connectivity index (χ1) is 30.8. The Morgan fingerprint density at radius 3 is 1.36 bits per heavy atom. The van der Waals surface area contributed by atoms with Gasteiger partial charge in [-0.05, 0) is 109 Å². The molecule has 2 fully saturated rings. The number of nitrogens with two attached hydrogens (primary N) is 2. The lowest BCUT2D eigenvalue weighted by molar-refractivity contribution is -0.118. The van der Waals surface area contributed by atoms with Gasteiger partial charge in [0.15, 0.2) is 0 Å². The topological polar surface area (TPSA) is 253 Å². The Kier molecular flexibility index (Phi) is 10.6. The zero-order valence-corrected chi connectivity index (χ0v) is 34.2. The van der Waals surface area contributed by atoms with Gasteiger partial charge in [-0.25, -0.2) is 28.7 Å². The SMILES string of the molecule is Cc1cc(-c2ccc[nH]c2=O)ncc1-c1cc2cc(NC(=O)[C@@H]3C[C@@H]3F)ncc2c(N)n1.Cc1cc(-c2ccc[nH]c2=O)ncc1-c1cc2cc(NC(=O)[C@H]3C[C@H]3F)ncc2c(N)n1. The van der Waals surface area contributed by atoms with Gasteiger partial charge in [-0.1, -0.05) is 0 Å². The van der Waals surface area contributed by atoms with Gasteiger partial charge in [0.1, 0.15) is 35.6 Å². The van der Waals surface area contributed by atoms with E-state index in [9.17, 15) is 28.0 Å². The molecule has 0 bridgehead atoms. The minimum atomic E-state index is -1.08. The van der Waals surface area contributed by atoms with Crippen LogP contribution in [0.15, 0.2) is 107 Å². The predicted octanol–water partition coefficient (Wildman–Crippen LogP) is 6.47. The van der Waals surface area contributed by atoms with Crippen molar-refractivity contribution in [2.75, 3.05) is 22.1 Å². The number of rotatable bonds is 8. The van der Waals surface area contributed by atoms with Gasteiger partial charge >= 0.3 is 0 Å². The molecular formula is C46H38F2N12O4. The number of amides is 2. The second-order valence-corrected chi connectivity index (χ2v) is 15.7. The van der Waals surface area contributed by atoms with Crippen LogP contribution >= 0.6 is 0 Å². The average Bonchev–Trinajstić information content (AvgIpc) is 4.20. The van der Waals surface area contributed by atoms with E-state index in [2.05, 4.69) is 50.5 Å². The standard InChI is InChI=1S/2C23H19FN6O2/c2*1-11-5-18(13-3-2-4-26-22(13)31)27-9-15(11)19-6-12-7-20(28-10-16(12)21(25)29-19)30-23(32)14-8-17(14)24/h2*2-7,9-10,14,17H,8H2,1H3,(H2,25,29)(H,26,31)(H,28,30,32)/t2*14-,17+/m10/s1. The largest absolute Gasteiger partial charge is 0.383 e. The highest BCUT2D eigenvalue weighted by Crippen LogP contribution is 2.37. The molecule has 8 aromatic rings. The normalized spacial score (nSPS) is 17.3. The van der Waals surface area contributed by atoms with Crippen molar-refractivity contribution in [3.8, 4) is 45.0 Å². The Hall–Kier alpha value is -8.28. The van der Waals surface area contributed by atoms with Gasteiger partial charge in [0.2, 0.25) is 11.8 Å². The fraction of sp³-hybridized carbons (Fsp3) is 0.174. The van der Waals surface area contributed by atoms with Crippen LogP contribution in [0.4, 0.5) is 32.1 Å². The van der Waals surface area contributed by atoms with E-state index < -0.39 is 24.2 Å². The van der Waals surface area contributed by atoms with E-state index in [1.165, 1.54) is 12.4 Å². The molecule has 2 amide bonds. The number of hydrogen-bond donors (Lipinski definition) is 6. The lowest BCUT2D eigenvalue weighted by Crippen LogP contribution is -2.15. The molecule has 0 unspecified atom stereocenters. The van der Waals surface area contributed by atoms with Gasteiger partial charge in [-0.15, -0.1) is 0 Å². The molecule has 0 aliphatic heterocycles. The van der Waals surface area contributed by atoms with Crippen LogP contribution < -0.4 is 33.2 Å². The monoisotopic (exact) mass is 860 g/mol. The number of carbonyl (C=O) groups excluding carboxylic acids is 2. The number of carbonyl (C=O) groups is 2. The van der Waals surface area contributed by atoms with Gasteiger partial charge in [0.05, 0.1) is 45.7 Å². The van der Waals surface area contributed by atoms with Crippen LogP contribution in [-0.2, 0) is 9.59 Å². The molecule has 0 radical (unpaired) electrons. The van der Waals surface area contributed by atoms with E-state index in [-0.39, 0.29) is 47.4 Å². The summed E-state index contributed by atoms with van der Waals surface area (Å²) < 4.78 is 26.3. The fourth-order valence-electron chi connectivity index (χ4n) is 7.26. The molecule has 18 heteroatoms. The summed E-state index contributed by atoms with van der Waals surface area (Å²) in [6.07, 6.45) is 7.86. The molecular weight excluding hydrogens is 823 g/mol. The van der Waals surface area contributed by atoms with Crippen molar-refractivity contribution in [1.82, 2.24) is 39.9 Å². The third kappa shape index (κ3) is 8.35. The van der Waals surface area contributed by atoms with E-state index in [0.29, 0.717) is 56.3 Å². The number of H-pyrrole nitrogens is 2. The van der Waals surface area contributed by atoms with E-state index >= 15 is 0 Å². The Labute approximate surface area is 361 Å². The van der Waals surface area contributed by atoms with Crippen molar-refractivity contribution < 1.29 is 18.4 Å². The number of nitrogens with one attached hydrogen (secondary N) is 4. The minimum absolute atomic E-state index is 0.215. The molecule has 64 heavy (non-hydrogen) atoms. The third-order valence-electron chi connectivity index (χ3n) is 11.1. The predicted molar refractivity (Wildman–Crippen MR) is 239 cm³/mol. The number of fused-ring (bicyclic) bond motifs is 2. The first-order valence-corrected chi connectivity index (χ1v) is 20.1. The fourth-order valence-corrected chi connectivity index (χ4v) is 7.26. The number of aromatic nitrogens is 8. The number of anilines is 4. The van der Waals surface area contributed by atoms with Crippen molar-refractivity contribution in [1.29, 1.82) is 0 Å².